The van der Waals surface area contributed by atoms with Crippen LogP contribution in [0.2, 0.25) is 0 Å². The zero-order valence-corrected chi connectivity index (χ0v) is 16.3. The fourth-order valence-electron chi connectivity index (χ4n) is 3.15. The summed E-state index contributed by atoms with van der Waals surface area (Å²) >= 11 is 0. The molecule has 1 aliphatic heterocycles. The molecule has 154 valence electrons. The van der Waals surface area contributed by atoms with E-state index in [-0.39, 0.29) is 16.6 Å². The van der Waals surface area contributed by atoms with Crippen molar-refractivity contribution in [1.82, 2.24) is 19.6 Å². The molecule has 11 heteroatoms. The Hall–Kier alpha value is -3.05. The molecule has 0 radical (unpaired) electrons. The maximum absolute atomic E-state index is 12.8. The SMILES string of the molecule is Nc1ccc(C2CCN(S(=O)(=O)c3cnc(C(=O)NCC(=O)O)nc3)CC2)cc1. The van der Waals surface area contributed by atoms with Gasteiger partial charge in [-0.25, -0.2) is 18.4 Å². The van der Waals surface area contributed by atoms with Crippen LogP contribution in [0.1, 0.15) is 34.9 Å². The van der Waals surface area contributed by atoms with Gasteiger partial charge in [-0.05, 0) is 36.5 Å². The lowest BCUT2D eigenvalue weighted by atomic mass is 9.90. The third-order valence-electron chi connectivity index (χ3n) is 4.73. The van der Waals surface area contributed by atoms with Gasteiger partial charge >= 0.3 is 5.97 Å². The molecule has 1 aliphatic rings. The summed E-state index contributed by atoms with van der Waals surface area (Å²) in [5, 5.41) is 10.7. The first-order valence-electron chi connectivity index (χ1n) is 8.95. The number of nitrogens with zero attached hydrogens (tertiary/aromatic N) is 3. The number of aliphatic carboxylic acids is 1. The average molecular weight is 419 g/mol. The van der Waals surface area contributed by atoms with Crippen LogP contribution in [0.4, 0.5) is 5.69 Å². The van der Waals surface area contributed by atoms with E-state index in [1.807, 2.05) is 24.3 Å². The second kappa shape index (κ2) is 8.53. The molecule has 0 bridgehead atoms. The predicted molar refractivity (Wildman–Crippen MR) is 104 cm³/mol. The Bertz CT molecular complexity index is 984. The van der Waals surface area contributed by atoms with Gasteiger partial charge in [0.1, 0.15) is 11.4 Å². The Balaban J connectivity index is 1.64. The van der Waals surface area contributed by atoms with Crippen LogP contribution in [0.3, 0.4) is 0 Å². The van der Waals surface area contributed by atoms with Crippen LogP contribution in [0, 0.1) is 0 Å². The van der Waals surface area contributed by atoms with E-state index >= 15 is 0 Å². The van der Waals surface area contributed by atoms with Crippen molar-refractivity contribution in [2.75, 3.05) is 25.4 Å². The van der Waals surface area contributed by atoms with Gasteiger partial charge in [0.2, 0.25) is 15.8 Å². The van der Waals surface area contributed by atoms with Gasteiger partial charge in [0.15, 0.2) is 0 Å². The van der Waals surface area contributed by atoms with E-state index in [1.165, 1.54) is 4.31 Å². The van der Waals surface area contributed by atoms with Crippen LogP contribution in [-0.2, 0) is 14.8 Å². The van der Waals surface area contributed by atoms with Gasteiger partial charge < -0.3 is 16.2 Å². The predicted octanol–water partition coefficient (Wildman–Crippen LogP) is 0.442. The molecule has 1 amide bonds. The van der Waals surface area contributed by atoms with Crippen LogP contribution < -0.4 is 11.1 Å². The maximum atomic E-state index is 12.8. The molecule has 1 saturated heterocycles. The number of benzene rings is 1. The number of hydrogen-bond donors (Lipinski definition) is 3. The van der Waals surface area contributed by atoms with Gasteiger partial charge in [-0.1, -0.05) is 12.1 Å². The molecule has 29 heavy (non-hydrogen) atoms. The zero-order chi connectivity index (χ0) is 21.0. The molecule has 1 aromatic heterocycles. The first kappa shape index (κ1) is 20.7. The van der Waals surface area contributed by atoms with Crippen LogP contribution >= 0.6 is 0 Å². The number of sulfonamides is 1. The number of piperidine rings is 1. The van der Waals surface area contributed by atoms with Gasteiger partial charge in [-0.2, -0.15) is 4.31 Å². The number of aromatic nitrogens is 2. The molecule has 4 N–H and O–H groups in total. The van der Waals surface area contributed by atoms with Gasteiger partial charge in [0.05, 0.1) is 12.4 Å². The van der Waals surface area contributed by atoms with Gasteiger partial charge in [-0.15, -0.1) is 0 Å². The van der Waals surface area contributed by atoms with Crippen LogP contribution in [0.25, 0.3) is 0 Å². The van der Waals surface area contributed by atoms with E-state index < -0.39 is 28.4 Å². The van der Waals surface area contributed by atoms with Crippen molar-refractivity contribution in [3.05, 3.63) is 48.0 Å². The standard InChI is InChI=1S/C18H21N5O5S/c19-14-3-1-12(2-4-14)13-5-7-23(8-6-13)29(27,28)15-9-20-17(21-10-15)18(26)22-11-16(24)25/h1-4,9-10,13H,5-8,11,19H2,(H,22,26)(H,24,25). The summed E-state index contributed by atoms with van der Waals surface area (Å²) in [6.45, 7) is 0.141. The molecule has 1 fully saturated rings. The molecule has 3 rings (SSSR count). The van der Waals surface area contributed by atoms with Crippen molar-refractivity contribution in [2.24, 2.45) is 0 Å². The summed E-state index contributed by atoms with van der Waals surface area (Å²) in [5.41, 5.74) is 7.53. The minimum atomic E-state index is -3.78. The molecule has 0 saturated carbocycles. The smallest absolute Gasteiger partial charge is 0.322 e. The molecule has 0 aliphatic carbocycles. The van der Waals surface area contributed by atoms with Crippen molar-refractivity contribution in [3.8, 4) is 0 Å². The molecular formula is C18H21N5O5S. The van der Waals surface area contributed by atoms with Crippen LogP contribution in [0.15, 0.2) is 41.6 Å². The van der Waals surface area contributed by atoms with Crippen LogP contribution in [-0.4, -0.2) is 59.3 Å². The average Bonchev–Trinajstić information content (AvgIpc) is 2.72. The van der Waals surface area contributed by atoms with E-state index in [9.17, 15) is 18.0 Å². The monoisotopic (exact) mass is 419 g/mol. The molecule has 0 atom stereocenters. The fraction of sp³-hybridized carbons (Fsp3) is 0.333. The highest BCUT2D eigenvalue weighted by Gasteiger charge is 2.30. The Labute approximate surface area is 167 Å². The minimum absolute atomic E-state index is 0.113. The number of carbonyl (C=O) groups is 2. The summed E-state index contributed by atoms with van der Waals surface area (Å²) in [6, 6.07) is 7.60. The Morgan fingerprint density at radius 1 is 1.14 bits per heavy atom. The Morgan fingerprint density at radius 3 is 2.28 bits per heavy atom. The Kier molecular flexibility index (Phi) is 6.09. The van der Waals surface area contributed by atoms with E-state index in [0.717, 1.165) is 18.0 Å². The van der Waals surface area contributed by atoms with Crippen molar-refractivity contribution in [1.29, 1.82) is 0 Å². The number of nitrogens with one attached hydrogen (secondary N) is 1. The molecule has 10 nitrogen and oxygen atoms in total. The number of carboxylic acids is 1. The molecule has 2 heterocycles. The Morgan fingerprint density at radius 2 is 1.72 bits per heavy atom. The van der Waals surface area contributed by atoms with E-state index in [0.29, 0.717) is 31.6 Å². The quantitative estimate of drug-likeness (QED) is 0.570. The third-order valence-corrected chi connectivity index (χ3v) is 6.58. The van der Waals surface area contributed by atoms with Crippen molar-refractivity contribution < 1.29 is 23.1 Å². The topological polar surface area (TPSA) is 156 Å². The fourth-order valence-corrected chi connectivity index (χ4v) is 4.51. The molecule has 0 unspecified atom stereocenters. The highest BCUT2D eigenvalue weighted by Crippen LogP contribution is 2.30. The molecule has 2 aromatic rings. The molecule has 0 spiro atoms. The number of anilines is 1. The number of amides is 1. The number of carbonyl (C=O) groups excluding carboxylic acids is 1. The van der Waals surface area contributed by atoms with Gasteiger partial charge in [-0.3, -0.25) is 9.59 Å². The lowest BCUT2D eigenvalue weighted by Crippen LogP contribution is -2.38. The number of hydrogen-bond acceptors (Lipinski definition) is 7. The maximum Gasteiger partial charge on any atom is 0.322 e. The summed E-state index contributed by atoms with van der Waals surface area (Å²) in [5.74, 6) is -2.04. The number of rotatable bonds is 6. The first-order chi connectivity index (χ1) is 13.8. The van der Waals surface area contributed by atoms with E-state index in [1.54, 1.807) is 0 Å². The van der Waals surface area contributed by atoms with Crippen LogP contribution in [0.5, 0.6) is 0 Å². The molecular weight excluding hydrogens is 398 g/mol. The summed E-state index contributed by atoms with van der Waals surface area (Å²) in [4.78, 5) is 29.6. The third kappa shape index (κ3) is 4.87. The summed E-state index contributed by atoms with van der Waals surface area (Å²) in [7, 11) is -3.78. The van der Waals surface area contributed by atoms with E-state index in [4.69, 9.17) is 10.8 Å². The highest BCUT2D eigenvalue weighted by molar-refractivity contribution is 7.89. The normalized spacial score (nSPS) is 15.7. The number of nitrogens with two attached hydrogens (primary N) is 1. The summed E-state index contributed by atoms with van der Waals surface area (Å²) in [6.07, 6.45) is 3.48. The zero-order valence-electron chi connectivity index (χ0n) is 15.5. The van der Waals surface area contributed by atoms with Crippen molar-refractivity contribution >= 4 is 27.6 Å². The number of carboxylic acid groups (broad SMARTS) is 1. The highest BCUT2D eigenvalue weighted by atomic mass is 32.2. The van der Waals surface area contributed by atoms with Crippen molar-refractivity contribution in [3.63, 3.8) is 0 Å². The molecule has 1 aromatic carbocycles. The second-order valence-electron chi connectivity index (χ2n) is 6.66. The van der Waals surface area contributed by atoms with Crippen molar-refractivity contribution in [2.45, 2.75) is 23.7 Å². The number of nitrogen functional groups attached to an aromatic ring is 1. The van der Waals surface area contributed by atoms with Gasteiger partial charge in [0.25, 0.3) is 5.91 Å². The van der Waals surface area contributed by atoms with Gasteiger partial charge in [0, 0.05) is 18.8 Å². The summed E-state index contributed by atoms with van der Waals surface area (Å²) < 4.78 is 27.0. The first-order valence-corrected chi connectivity index (χ1v) is 10.4. The largest absolute Gasteiger partial charge is 0.480 e. The van der Waals surface area contributed by atoms with E-state index in [2.05, 4.69) is 15.3 Å². The lowest BCUT2D eigenvalue weighted by molar-refractivity contribution is -0.135. The second-order valence-corrected chi connectivity index (χ2v) is 8.60. The minimum Gasteiger partial charge on any atom is -0.480 e. The lowest BCUT2D eigenvalue weighted by Gasteiger charge is -2.31.